The Kier molecular flexibility index (Phi) is 5.87. The van der Waals surface area contributed by atoms with Crippen molar-refractivity contribution in [1.29, 1.82) is 0 Å². The Labute approximate surface area is 185 Å². The minimum atomic E-state index is -0.466. The van der Waals surface area contributed by atoms with E-state index in [9.17, 15) is 10.1 Å². The van der Waals surface area contributed by atoms with Crippen molar-refractivity contribution in [3.8, 4) is 28.6 Å². The third kappa shape index (κ3) is 4.52. The molecule has 0 aliphatic rings. The van der Waals surface area contributed by atoms with Crippen molar-refractivity contribution in [1.82, 2.24) is 25.4 Å². The largest absolute Gasteiger partial charge is 0.496 e. The van der Waals surface area contributed by atoms with E-state index in [1.165, 1.54) is 23.9 Å². The molecule has 1 N–H and O–H groups in total. The van der Waals surface area contributed by atoms with Crippen molar-refractivity contribution in [3.05, 3.63) is 63.5 Å². The number of nitrogens with zero attached hydrogens (tertiary/aromatic N) is 5. The lowest BCUT2D eigenvalue weighted by Crippen LogP contribution is -1.90. The van der Waals surface area contributed by atoms with Crippen LogP contribution in [-0.4, -0.2) is 37.4 Å². The fourth-order valence-corrected chi connectivity index (χ4v) is 3.66. The number of rotatable bonds is 7. The normalized spacial score (nSPS) is 12.0. The molecule has 0 radical (unpaired) electrons. The van der Waals surface area contributed by atoms with Gasteiger partial charge < -0.3 is 9.15 Å². The lowest BCUT2D eigenvalue weighted by molar-refractivity contribution is -0.384. The highest BCUT2D eigenvalue weighted by atomic mass is 35.5. The van der Waals surface area contributed by atoms with Crippen LogP contribution < -0.4 is 4.74 Å². The Morgan fingerprint density at radius 3 is 2.71 bits per heavy atom. The van der Waals surface area contributed by atoms with Crippen LogP contribution in [0.15, 0.2) is 52.0 Å². The van der Waals surface area contributed by atoms with Gasteiger partial charge in [0.25, 0.3) is 5.69 Å². The fraction of sp³-hybridized carbons (Fsp3) is 0.158. The third-order valence-electron chi connectivity index (χ3n) is 4.28. The highest BCUT2D eigenvalue weighted by Gasteiger charge is 2.20. The molecule has 0 aliphatic heterocycles. The first-order valence-electron chi connectivity index (χ1n) is 8.96. The van der Waals surface area contributed by atoms with E-state index < -0.39 is 4.92 Å². The van der Waals surface area contributed by atoms with E-state index in [4.69, 9.17) is 20.8 Å². The number of H-pyrrole nitrogens is 1. The van der Waals surface area contributed by atoms with Crippen LogP contribution in [0.1, 0.15) is 18.1 Å². The summed E-state index contributed by atoms with van der Waals surface area (Å²) in [6.07, 6.45) is 0. The maximum atomic E-state index is 10.8. The molecule has 4 aromatic rings. The molecule has 31 heavy (non-hydrogen) atoms. The van der Waals surface area contributed by atoms with Gasteiger partial charge in [-0.05, 0) is 37.3 Å². The van der Waals surface area contributed by atoms with Gasteiger partial charge in [-0.3, -0.25) is 15.2 Å². The molecule has 158 valence electrons. The molecule has 0 spiro atoms. The highest BCUT2D eigenvalue weighted by molar-refractivity contribution is 7.99. The van der Waals surface area contributed by atoms with Crippen LogP contribution in [0.2, 0.25) is 5.02 Å². The summed E-state index contributed by atoms with van der Waals surface area (Å²) < 4.78 is 11.1. The van der Waals surface area contributed by atoms with Crippen LogP contribution in [0, 0.1) is 10.1 Å². The standard InChI is InChI=1S/C19H15ClN6O4S/c1-10(17-23-24-18(30-17)11-3-6-13(7-4-11)26(27)28)31-19-21-16(22-25-19)14-9-12(20)5-8-15(14)29-2/h3-10H,1-2H3,(H,21,22,25). The van der Waals surface area contributed by atoms with E-state index in [1.54, 1.807) is 37.4 Å². The second kappa shape index (κ2) is 8.74. The maximum absolute atomic E-state index is 10.8. The predicted molar refractivity (Wildman–Crippen MR) is 114 cm³/mol. The second-order valence-corrected chi connectivity index (χ2v) is 8.07. The van der Waals surface area contributed by atoms with Gasteiger partial charge in [0.1, 0.15) is 5.75 Å². The number of ether oxygens (including phenoxy) is 1. The number of nitrogens with one attached hydrogen (secondary N) is 1. The molecule has 0 aliphatic carbocycles. The van der Waals surface area contributed by atoms with Crippen molar-refractivity contribution in [3.63, 3.8) is 0 Å². The zero-order chi connectivity index (χ0) is 22.0. The summed E-state index contributed by atoms with van der Waals surface area (Å²) in [5, 5.41) is 26.8. The molecule has 10 nitrogen and oxygen atoms in total. The van der Waals surface area contributed by atoms with Crippen molar-refractivity contribution in [2.75, 3.05) is 7.11 Å². The van der Waals surface area contributed by atoms with Crippen LogP contribution in [-0.2, 0) is 0 Å². The van der Waals surface area contributed by atoms with E-state index in [-0.39, 0.29) is 16.8 Å². The smallest absolute Gasteiger partial charge is 0.269 e. The number of hydrogen-bond donors (Lipinski definition) is 1. The number of hydrogen-bond acceptors (Lipinski definition) is 9. The molecule has 0 saturated carbocycles. The summed E-state index contributed by atoms with van der Waals surface area (Å²) in [6.45, 7) is 1.88. The molecule has 2 heterocycles. The molecule has 2 aromatic carbocycles. The minimum absolute atomic E-state index is 0.0100. The van der Waals surface area contributed by atoms with Gasteiger partial charge in [0, 0.05) is 22.7 Å². The third-order valence-corrected chi connectivity index (χ3v) is 5.46. The molecular formula is C19H15ClN6O4S. The van der Waals surface area contributed by atoms with E-state index in [2.05, 4.69) is 25.4 Å². The fourth-order valence-electron chi connectivity index (χ4n) is 2.73. The molecule has 0 amide bonds. The Morgan fingerprint density at radius 2 is 2.00 bits per heavy atom. The average molecular weight is 459 g/mol. The van der Waals surface area contributed by atoms with E-state index in [0.29, 0.717) is 38.8 Å². The van der Waals surface area contributed by atoms with Gasteiger partial charge in [0.05, 0.1) is 22.8 Å². The van der Waals surface area contributed by atoms with Gasteiger partial charge in [-0.15, -0.1) is 15.3 Å². The molecule has 0 saturated heterocycles. The first-order chi connectivity index (χ1) is 14.9. The summed E-state index contributed by atoms with van der Waals surface area (Å²) >= 11 is 7.42. The maximum Gasteiger partial charge on any atom is 0.269 e. The first kappa shape index (κ1) is 20.8. The Morgan fingerprint density at radius 1 is 1.23 bits per heavy atom. The Hall–Kier alpha value is -3.44. The van der Waals surface area contributed by atoms with Gasteiger partial charge in [-0.1, -0.05) is 23.4 Å². The van der Waals surface area contributed by atoms with Gasteiger partial charge in [0.2, 0.25) is 16.9 Å². The number of thioether (sulfide) groups is 1. The molecule has 2 aromatic heterocycles. The van der Waals surface area contributed by atoms with Gasteiger partial charge in [-0.25, -0.2) is 4.98 Å². The van der Waals surface area contributed by atoms with Crippen molar-refractivity contribution in [2.24, 2.45) is 0 Å². The lowest BCUT2D eigenvalue weighted by atomic mass is 10.2. The summed E-state index contributed by atoms with van der Waals surface area (Å²) in [5.41, 5.74) is 1.28. The molecule has 0 fully saturated rings. The summed E-state index contributed by atoms with van der Waals surface area (Å²) in [6, 6.07) is 11.1. The van der Waals surface area contributed by atoms with Gasteiger partial charge in [0.15, 0.2) is 5.82 Å². The molecule has 1 unspecified atom stereocenters. The van der Waals surface area contributed by atoms with Gasteiger partial charge >= 0.3 is 0 Å². The lowest BCUT2D eigenvalue weighted by Gasteiger charge is -2.05. The topological polar surface area (TPSA) is 133 Å². The Balaban J connectivity index is 1.49. The SMILES string of the molecule is COc1ccc(Cl)cc1-c1nc(SC(C)c2nnc(-c3ccc([N+](=O)[O-])cc3)o2)n[nH]1. The second-order valence-electron chi connectivity index (χ2n) is 6.32. The first-order valence-corrected chi connectivity index (χ1v) is 10.2. The number of halogens is 1. The summed E-state index contributed by atoms with van der Waals surface area (Å²) in [7, 11) is 1.57. The van der Waals surface area contributed by atoms with Crippen molar-refractivity contribution >= 4 is 29.1 Å². The molecule has 1 atom stereocenters. The number of benzene rings is 2. The number of nitro benzene ring substituents is 1. The number of non-ortho nitro benzene ring substituents is 1. The van der Waals surface area contributed by atoms with E-state index >= 15 is 0 Å². The molecule has 0 bridgehead atoms. The van der Waals surface area contributed by atoms with Crippen LogP contribution in [0.5, 0.6) is 5.75 Å². The molecule has 4 rings (SSSR count). The molecule has 12 heteroatoms. The quantitative estimate of drug-likeness (QED) is 0.232. The zero-order valence-corrected chi connectivity index (χ0v) is 17.8. The minimum Gasteiger partial charge on any atom is -0.496 e. The van der Waals surface area contributed by atoms with Crippen molar-refractivity contribution in [2.45, 2.75) is 17.3 Å². The van der Waals surface area contributed by atoms with Crippen LogP contribution in [0.3, 0.4) is 0 Å². The summed E-state index contributed by atoms with van der Waals surface area (Å²) in [4.78, 5) is 14.8. The van der Waals surface area contributed by atoms with Crippen LogP contribution >= 0.6 is 23.4 Å². The number of aromatic nitrogens is 5. The monoisotopic (exact) mass is 458 g/mol. The highest BCUT2D eigenvalue weighted by Crippen LogP contribution is 2.36. The summed E-state index contributed by atoms with van der Waals surface area (Å²) in [5.74, 6) is 1.79. The zero-order valence-electron chi connectivity index (χ0n) is 16.3. The average Bonchev–Trinajstić information content (AvgIpc) is 3.44. The van der Waals surface area contributed by atoms with Crippen molar-refractivity contribution < 1.29 is 14.1 Å². The Bertz CT molecular complexity index is 1230. The van der Waals surface area contributed by atoms with E-state index in [0.717, 1.165) is 0 Å². The predicted octanol–water partition coefficient (Wildman–Crippen LogP) is 4.95. The number of nitro groups is 1. The molecular weight excluding hydrogens is 444 g/mol. The number of methoxy groups -OCH3 is 1. The van der Waals surface area contributed by atoms with E-state index in [1.807, 2.05) is 6.92 Å². The van der Waals surface area contributed by atoms with Crippen LogP contribution in [0.4, 0.5) is 5.69 Å². The van der Waals surface area contributed by atoms with Gasteiger partial charge in [-0.2, -0.15) is 0 Å². The number of aromatic amines is 1. The van der Waals surface area contributed by atoms with Crippen LogP contribution in [0.25, 0.3) is 22.8 Å².